The van der Waals surface area contributed by atoms with E-state index in [0.29, 0.717) is 12.3 Å². The average Bonchev–Trinajstić information content (AvgIpc) is 2.63. The van der Waals surface area contributed by atoms with Gasteiger partial charge in [0.2, 0.25) is 0 Å². The molecule has 0 aliphatic carbocycles. The molecule has 2 aromatic rings. The van der Waals surface area contributed by atoms with Crippen molar-refractivity contribution in [3.8, 4) is 0 Å². The molecular formula is C21H29FN4O. The predicted molar refractivity (Wildman–Crippen MR) is 107 cm³/mol. The Morgan fingerprint density at radius 2 is 1.89 bits per heavy atom. The summed E-state index contributed by atoms with van der Waals surface area (Å²) in [6, 6.07) is 9.13. The molecule has 0 saturated carbocycles. The number of aromatic nitrogens is 2. The molecule has 1 aromatic carbocycles. The molecule has 0 spiro atoms. The highest BCUT2D eigenvalue weighted by atomic mass is 19.1. The largest absolute Gasteiger partial charge is 0.380 e. The topological polar surface area (TPSA) is 50.3 Å². The first kappa shape index (κ1) is 19.5. The predicted octanol–water partition coefficient (Wildman–Crippen LogP) is 4.14. The lowest BCUT2D eigenvalue weighted by Crippen LogP contribution is -2.40. The molecule has 5 nitrogen and oxygen atoms in total. The van der Waals surface area contributed by atoms with Crippen molar-refractivity contribution in [1.29, 1.82) is 0 Å². The molecule has 6 heteroatoms. The van der Waals surface area contributed by atoms with Gasteiger partial charge in [-0.25, -0.2) is 14.4 Å². The minimum Gasteiger partial charge on any atom is -0.380 e. The maximum absolute atomic E-state index is 13.9. The highest BCUT2D eigenvalue weighted by molar-refractivity contribution is 5.46. The smallest absolute Gasteiger partial charge is 0.146 e. The maximum Gasteiger partial charge on any atom is 0.146 e. The molecule has 1 saturated heterocycles. The monoisotopic (exact) mass is 372 g/mol. The molecule has 27 heavy (non-hydrogen) atoms. The molecule has 3 rings (SSSR count). The number of ether oxygens (including phenoxy) is 1. The first-order chi connectivity index (χ1) is 12.9. The van der Waals surface area contributed by atoms with Crippen LogP contribution in [0.1, 0.15) is 45.1 Å². The summed E-state index contributed by atoms with van der Waals surface area (Å²) in [5.74, 6) is 1.58. The van der Waals surface area contributed by atoms with Crippen molar-refractivity contribution in [2.75, 3.05) is 30.4 Å². The minimum atomic E-state index is -0.199. The van der Waals surface area contributed by atoms with Crippen LogP contribution in [0.2, 0.25) is 0 Å². The van der Waals surface area contributed by atoms with Crippen molar-refractivity contribution in [2.24, 2.45) is 0 Å². The summed E-state index contributed by atoms with van der Waals surface area (Å²) in [5, 5.41) is 3.33. The van der Waals surface area contributed by atoms with Crippen LogP contribution in [-0.4, -0.2) is 36.2 Å². The molecule has 1 aromatic heterocycles. The fraction of sp³-hybridized carbons (Fsp3) is 0.524. The van der Waals surface area contributed by atoms with Crippen molar-refractivity contribution in [3.63, 3.8) is 0 Å². The normalized spacial score (nSPS) is 15.8. The third-order valence-corrected chi connectivity index (χ3v) is 4.78. The van der Waals surface area contributed by atoms with Gasteiger partial charge in [0.25, 0.3) is 0 Å². The van der Waals surface area contributed by atoms with Crippen LogP contribution >= 0.6 is 0 Å². The van der Waals surface area contributed by atoms with Crippen molar-refractivity contribution in [3.05, 3.63) is 47.7 Å². The summed E-state index contributed by atoms with van der Waals surface area (Å²) in [7, 11) is 1.68. The quantitative estimate of drug-likeness (QED) is 0.855. The Labute approximate surface area is 161 Å². The summed E-state index contributed by atoms with van der Waals surface area (Å²) in [4.78, 5) is 11.8. The van der Waals surface area contributed by atoms with E-state index >= 15 is 0 Å². The lowest BCUT2D eigenvalue weighted by molar-refractivity contribution is 0.181. The molecule has 1 fully saturated rings. The molecular weight excluding hydrogens is 343 g/mol. The highest BCUT2D eigenvalue weighted by Crippen LogP contribution is 2.26. The zero-order valence-corrected chi connectivity index (χ0v) is 16.6. The van der Waals surface area contributed by atoms with E-state index in [0.717, 1.165) is 43.3 Å². The Morgan fingerprint density at radius 1 is 1.19 bits per heavy atom. The standard InChI is InChI=1S/C21H29FN4O/c1-21(2,3)20-24-16(14-27-4)13-19(25-20)26-11-9-15(10-12-26)23-18-8-6-5-7-17(18)22/h5-8,13,15,23H,9-12,14H2,1-4H3. The van der Waals surface area contributed by atoms with Gasteiger partial charge in [0.05, 0.1) is 18.0 Å². The van der Waals surface area contributed by atoms with Gasteiger partial charge in [-0.2, -0.15) is 0 Å². The lowest BCUT2D eigenvalue weighted by Gasteiger charge is -2.34. The Bertz CT molecular complexity index is 767. The van der Waals surface area contributed by atoms with Crippen LogP contribution < -0.4 is 10.2 Å². The molecule has 0 radical (unpaired) electrons. The van der Waals surface area contributed by atoms with Gasteiger partial charge in [0.1, 0.15) is 17.5 Å². The van der Waals surface area contributed by atoms with E-state index in [2.05, 4.69) is 36.0 Å². The fourth-order valence-corrected chi connectivity index (χ4v) is 3.25. The maximum atomic E-state index is 13.9. The third-order valence-electron chi connectivity index (χ3n) is 4.78. The Balaban J connectivity index is 1.70. The highest BCUT2D eigenvalue weighted by Gasteiger charge is 2.24. The van der Waals surface area contributed by atoms with E-state index < -0.39 is 0 Å². The number of hydrogen-bond acceptors (Lipinski definition) is 5. The summed E-state index contributed by atoms with van der Waals surface area (Å²) in [6.07, 6.45) is 1.87. The number of nitrogens with one attached hydrogen (secondary N) is 1. The van der Waals surface area contributed by atoms with Crippen molar-refractivity contribution in [1.82, 2.24) is 9.97 Å². The first-order valence-corrected chi connectivity index (χ1v) is 9.50. The van der Waals surface area contributed by atoms with E-state index in [-0.39, 0.29) is 17.3 Å². The van der Waals surface area contributed by atoms with Gasteiger partial charge < -0.3 is 15.0 Å². The molecule has 146 valence electrons. The summed E-state index contributed by atoms with van der Waals surface area (Å²) in [5.41, 5.74) is 1.36. The molecule has 2 heterocycles. The second-order valence-electron chi connectivity index (χ2n) is 8.11. The molecule has 0 unspecified atom stereocenters. The van der Waals surface area contributed by atoms with E-state index in [1.165, 1.54) is 6.07 Å². The van der Waals surface area contributed by atoms with Gasteiger partial charge in [-0.05, 0) is 25.0 Å². The van der Waals surface area contributed by atoms with Gasteiger partial charge in [0.15, 0.2) is 0 Å². The SMILES string of the molecule is COCc1cc(N2CCC(Nc3ccccc3F)CC2)nc(C(C)(C)C)n1. The van der Waals surface area contributed by atoms with E-state index in [1.807, 2.05) is 12.1 Å². The van der Waals surface area contributed by atoms with Gasteiger partial charge in [-0.3, -0.25) is 0 Å². The average molecular weight is 372 g/mol. The number of anilines is 2. The number of halogens is 1. The second-order valence-corrected chi connectivity index (χ2v) is 8.11. The van der Waals surface area contributed by atoms with Crippen molar-refractivity contribution < 1.29 is 9.13 Å². The third kappa shape index (κ3) is 4.95. The van der Waals surface area contributed by atoms with Gasteiger partial charge in [0, 0.05) is 37.7 Å². The number of para-hydroxylation sites is 1. The van der Waals surface area contributed by atoms with E-state index in [4.69, 9.17) is 9.72 Å². The molecule has 0 amide bonds. The summed E-state index contributed by atoms with van der Waals surface area (Å²) < 4.78 is 19.1. The van der Waals surface area contributed by atoms with Gasteiger partial charge >= 0.3 is 0 Å². The molecule has 0 bridgehead atoms. The number of methoxy groups -OCH3 is 1. The van der Waals surface area contributed by atoms with Crippen molar-refractivity contribution in [2.45, 2.75) is 51.7 Å². The molecule has 1 aliphatic heterocycles. The number of rotatable bonds is 5. The molecule has 1 aliphatic rings. The van der Waals surface area contributed by atoms with Crippen LogP contribution in [0.25, 0.3) is 0 Å². The summed E-state index contributed by atoms with van der Waals surface area (Å²) >= 11 is 0. The van der Waals surface area contributed by atoms with E-state index in [1.54, 1.807) is 19.2 Å². The van der Waals surface area contributed by atoms with Crippen LogP contribution in [-0.2, 0) is 16.8 Å². The zero-order chi connectivity index (χ0) is 19.4. The molecule has 1 N–H and O–H groups in total. The lowest BCUT2D eigenvalue weighted by atomic mass is 9.95. The number of benzene rings is 1. The first-order valence-electron chi connectivity index (χ1n) is 9.50. The number of hydrogen-bond donors (Lipinski definition) is 1. The fourth-order valence-electron chi connectivity index (χ4n) is 3.25. The van der Waals surface area contributed by atoms with Crippen LogP contribution in [0.5, 0.6) is 0 Å². The van der Waals surface area contributed by atoms with Crippen LogP contribution in [0, 0.1) is 5.82 Å². The van der Waals surface area contributed by atoms with Crippen LogP contribution in [0.3, 0.4) is 0 Å². The summed E-state index contributed by atoms with van der Waals surface area (Å²) in [6.45, 7) is 8.58. The van der Waals surface area contributed by atoms with Gasteiger partial charge in [-0.1, -0.05) is 32.9 Å². The number of piperidine rings is 1. The van der Waals surface area contributed by atoms with Gasteiger partial charge in [-0.15, -0.1) is 0 Å². The molecule has 0 atom stereocenters. The van der Waals surface area contributed by atoms with Crippen LogP contribution in [0.15, 0.2) is 30.3 Å². The van der Waals surface area contributed by atoms with E-state index in [9.17, 15) is 4.39 Å². The number of nitrogens with zero attached hydrogens (tertiary/aromatic N) is 3. The van der Waals surface area contributed by atoms with Crippen molar-refractivity contribution >= 4 is 11.5 Å². The zero-order valence-electron chi connectivity index (χ0n) is 16.6. The van der Waals surface area contributed by atoms with Crippen LogP contribution in [0.4, 0.5) is 15.9 Å². The Hall–Kier alpha value is -2.21. The Morgan fingerprint density at radius 3 is 2.52 bits per heavy atom. The minimum absolute atomic E-state index is 0.122. The Kier molecular flexibility index (Phi) is 5.95. The second kappa shape index (κ2) is 8.21.